The predicted molar refractivity (Wildman–Crippen MR) is 169 cm³/mol. The molecule has 0 saturated carbocycles. The fourth-order valence-corrected chi connectivity index (χ4v) is 6.71. The summed E-state index contributed by atoms with van der Waals surface area (Å²) < 4.78 is 5.97. The minimum absolute atomic E-state index is 0.0180. The highest BCUT2D eigenvalue weighted by Gasteiger charge is 2.26. The second kappa shape index (κ2) is 14.2. The Hall–Kier alpha value is -3.15. The second-order valence-electron chi connectivity index (χ2n) is 12.1. The molecule has 1 heterocycles. The number of rotatable bonds is 11. The molecular weight excluding hydrogens is 506 g/mol. The fourth-order valence-electron chi connectivity index (χ4n) is 6.71. The molecule has 3 aromatic carbocycles. The summed E-state index contributed by atoms with van der Waals surface area (Å²) in [6.45, 7) is 4.88. The topological polar surface area (TPSA) is 44.8 Å². The zero-order chi connectivity index (χ0) is 28.6. The quantitative estimate of drug-likeness (QED) is 0.269. The number of fused-ring (bicyclic) bond motifs is 1. The van der Waals surface area contributed by atoms with Gasteiger partial charge in [0.25, 0.3) is 5.91 Å². The van der Waals surface area contributed by atoms with Gasteiger partial charge in [0.05, 0.1) is 7.11 Å². The lowest BCUT2D eigenvalue weighted by molar-refractivity contribution is 0.0952. The van der Waals surface area contributed by atoms with Crippen LogP contribution in [0.5, 0.6) is 5.75 Å². The smallest absolute Gasteiger partial charge is 0.251 e. The maximum atomic E-state index is 13.0. The lowest BCUT2D eigenvalue weighted by Crippen LogP contribution is -2.34. The van der Waals surface area contributed by atoms with Gasteiger partial charge in [-0.1, -0.05) is 48.5 Å². The van der Waals surface area contributed by atoms with Gasteiger partial charge in [0.2, 0.25) is 0 Å². The SMILES string of the molecule is COc1c(C2CCN(CCCCNC(=O)c3ccc(-c4ccccc4)c(CN(C)C)c3)CC2)ccc2c1CCCC2. The average molecular weight is 554 g/mol. The van der Waals surface area contributed by atoms with Crippen LogP contribution in [0.25, 0.3) is 11.1 Å². The number of amides is 1. The summed E-state index contributed by atoms with van der Waals surface area (Å²) in [5.41, 5.74) is 8.68. The predicted octanol–water partition coefficient (Wildman–Crippen LogP) is 6.69. The van der Waals surface area contributed by atoms with Crippen LogP contribution in [0.3, 0.4) is 0 Å². The molecule has 3 aromatic rings. The van der Waals surface area contributed by atoms with E-state index >= 15 is 0 Å². The highest BCUT2D eigenvalue weighted by molar-refractivity contribution is 5.95. The first-order valence-electron chi connectivity index (χ1n) is 15.6. The van der Waals surface area contributed by atoms with Crippen molar-refractivity contribution in [3.8, 4) is 16.9 Å². The Morgan fingerprint density at radius 2 is 1.76 bits per heavy atom. The van der Waals surface area contributed by atoms with Crippen LogP contribution in [0.1, 0.15) is 77.1 Å². The number of piperidine rings is 1. The Morgan fingerprint density at radius 3 is 2.51 bits per heavy atom. The Morgan fingerprint density at radius 1 is 0.976 bits per heavy atom. The van der Waals surface area contributed by atoms with Crippen molar-refractivity contribution in [2.45, 2.75) is 63.8 Å². The molecule has 2 aliphatic rings. The number of carbonyl (C=O) groups excluding carboxylic acids is 1. The largest absolute Gasteiger partial charge is 0.496 e. The van der Waals surface area contributed by atoms with Gasteiger partial charge in [0, 0.05) is 18.7 Å². The second-order valence-corrected chi connectivity index (χ2v) is 12.1. The monoisotopic (exact) mass is 553 g/mol. The number of carbonyl (C=O) groups is 1. The molecule has 1 N–H and O–H groups in total. The molecule has 5 rings (SSSR count). The van der Waals surface area contributed by atoms with E-state index in [-0.39, 0.29) is 5.91 Å². The van der Waals surface area contributed by atoms with Crippen LogP contribution >= 0.6 is 0 Å². The minimum Gasteiger partial charge on any atom is -0.496 e. The van der Waals surface area contributed by atoms with E-state index in [0.29, 0.717) is 12.5 Å². The molecule has 5 nitrogen and oxygen atoms in total. The van der Waals surface area contributed by atoms with Crippen molar-refractivity contribution in [1.29, 1.82) is 0 Å². The van der Waals surface area contributed by atoms with Crippen molar-refractivity contribution in [2.24, 2.45) is 0 Å². The van der Waals surface area contributed by atoms with Gasteiger partial charge in [0.1, 0.15) is 5.75 Å². The fraction of sp³-hybridized carbons (Fsp3) is 0.472. The molecule has 0 unspecified atom stereocenters. The van der Waals surface area contributed by atoms with Crippen molar-refractivity contribution >= 4 is 5.91 Å². The molecule has 0 atom stereocenters. The number of ether oxygens (including phenoxy) is 1. The average Bonchev–Trinajstić information content (AvgIpc) is 3.00. The Kier molecular flexibility index (Phi) is 10.1. The van der Waals surface area contributed by atoms with Crippen molar-refractivity contribution < 1.29 is 9.53 Å². The van der Waals surface area contributed by atoms with Crippen LogP contribution in [0, 0.1) is 0 Å². The van der Waals surface area contributed by atoms with E-state index < -0.39 is 0 Å². The zero-order valence-corrected chi connectivity index (χ0v) is 25.3. The van der Waals surface area contributed by atoms with Gasteiger partial charge in [0.15, 0.2) is 0 Å². The maximum absolute atomic E-state index is 13.0. The van der Waals surface area contributed by atoms with Crippen molar-refractivity contribution in [3.63, 3.8) is 0 Å². The van der Waals surface area contributed by atoms with Gasteiger partial charge >= 0.3 is 0 Å². The first-order chi connectivity index (χ1) is 20.0. The number of likely N-dealkylation sites (tertiary alicyclic amines) is 1. The van der Waals surface area contributed by atoms with Crippen molar-refractivity contribution in [2.75, 3.05) is 47.4 Å². The molecule has 1 saturated heterocycles. The van der Waals surface area contributed by atoms with Crippen LogP contribution < -0.4 is 10.1 Å². The molecule has 1 aliphatic heterocycles. The van der Waals surface area contributed by atoms with Crippen LogP contribution in [-0.4, -0.2) is 63.1 Å². The van der Waals surface area contributed by atoms with Crippen LogP contribution in [-0.2, 0) is 19.4 Å². The third kappa shape index (κ3) is 7.38. The van der Waals surface area contributed by atoms with E-state index in [2.05, 4.69) is 77.7 Å². The molecule has 218 valence electrons. The molecule has 5 heteroatoms. The van der Waals surface area contributed by atoms with E-state index in [1.54, 1.807) is 0 Å². The van der Waals surface area contributed by atoms with E-state index in [1.165, 1.54) is 71.2 Å². The van der Waals surface area contributed by atoms with Crippen LogP contribution in [0.4, 0.5) is 0 Å². The molecule has 0 radical (unpaired) electrons. The summed E-state index contributed by atoms with van der Waals surface area (Å²) in [6, 6.07) is 21.2. The number of nitrogens with one attached hydrogen (secondary N) is 1. The van der Waals surface area contributed by atoms with Gasteiger partial charge in [-0.15, -0.1) is 0 Å². The van der Waals surface area contributed by atoms with Gasteiger partial charge in [-0.3, -0.25) is 4.79 Å². The molecular formula is C36H47N3O2. The Balaban J connectivity index is 1.07. The summed E-state index contributed by atoms with van der Waals surface area (Å²) in [6.07, 6.45) is 9.44. The van der Waals surface area contributed by atoms with Gasteiger partial charge in [-0.2, -0.15) is 0 Å². The maximum Gasteiger partial charge on any atom is 0.251 e. The summed E-state index contributed by atoms with van der Waals surface area (Å²) in [5, 5.41) is 3.16. The van der Waals surface area contributed by atoms with Gasteiger partial charge in [-0.25, -0.2) is 0 Å². The third-order valence-electron chi connectivity index (χ3n) is 8.87. The van der Waals surface area contributed by atoms with Crippen molar-refractivity contribution in [3.05, 3.63) is 88.5 Å². The highest BCUT2D eigenvalue weighted by atomic mass is 16.5. The number of nitrogens with zero attached hydrogens (tertiary/aromatic N) is 2. The minimum atomic E-state index is 0.0180. The molecule has 0 spiro atoms. The van der Waals surface area contributed by atoms with Crippen molar-refractivity contribution in [1.82, 2.24) is 15.1 Å². The van der Waals surface area contributed by atoms with E-state index in [0.717, 1.165) is 51.0 Å². The summed E-state index contributed by atoms with van der Waals surface area (Å²) >= 11 is 0. The molecule has 1 amide bonds. The lowest BCUT2D eigenvalue weighted by Gasteiger charge is -2.33. The van der Waals surface area contributed by atoms with Crippen LogP contribution in [0.15, 0.2) is 60.7 Å². The molecule has 0 aromatic heterocycles. The summed E-state index contributed by atoms with van der Waals surface area (Å²) in [5.74, 6) is 1.79. The summed E-state index contributed by atoms with van der Waals surface area (Å²) in [7, 11) is 5.98. The number of hydrogen-bond donors (Lipinski definition) is 1. The Labute approximate surface area is 246 Å². The zero-order valence-electron chi connectivity index (χ0n) is 25.3. The number of aryl methyl sites for hydroxylation is 1. The Bertz CT molecular complexity index is 1300. The van der Waals surface area contributed by atoms with E-state index in [9.17, 15) is 4.79 Å². The number of unbranched alkanes of at least 4 members (excludes halogenated alkanes) is 1. The van der Waals surface area contributed by atoms with Gasteiger partial charge in [-0.05, 0) is 137 Å². The summed E-state index contributed by atoms with van der Waals surface area (Å²) in [4.78, 5) is 17.7. The number of benzene rings is 3. The lowest BCUT2D eigenvalue weighted by atomic mass is 9.83. The molecule has 0 bridgehead atoms. The molecule has 1 fully saturated rings. The van der Waals surface area contributed by atoms with E-state index in [1.807, 2.05) is 19.2 Å². The molecule has 41 heavy (non-hydrogen) atoms. The first kappa shape index (κ1) is 29.3. The normalized spacial score (nSPS) is 16.0. The highest BCUT2D eigenvalue weighted by Crippen LogP contribution is 2.40. The number of hydrogen-bond acceptors (Lipinski definition) is 4. The van der Waals surface area contributed by atoms with Gasteiger partial charge < -0.3 is 19.9 Å². The first-order valence-corrected chi connectivity index (χ1v) is 15.6. The van der Waals surface area contributed by atoms with E-state index in [4.69, 9.17) is 4.74 Å². The number of methoxy groups -OCH3 is 1. The molecule has 1 aliphatic carbocycles. The standard InChI is InChI=1S/C36H47N3O2/c1-38(2)26-31-25-30(16-17-32(31)27-11-5-4-6-12-27)36(40)37-21-9-10-22-39-23-19-29(20-24-39)34-18-15-28-13-7-8-14-33(28)35(34)41-3/h4-6,11-12,15-18,25,29H,7-10,13-14,19-24,26H2,1-3H3,(H,37,40). The van der Waals surface area contributed by atoms with Crippen LogP contribution in [0.2, 0.25) is 0 Å². The third-order valence-corrected chi connectivity index (χ3v) is 8.87.